The van der Waals surface area contributed by atoms with Gasteiger partial charge in [0.25, 0.3) is 0 Å². The minimum absolute atomic E-state index is 0.166. The van der Waals surface area contributed by atoms with Crippen molar-refractivity contribution in [2.24, 2.45) is 11.5 Å². The fraction of sp³-hybridized carbons (Fsp3) is 0.500. The van der Waals surface area contributed by atoms with Crippen LogP contribution in [0.15, 0.2) is 6.07 Å². The number of aromatic nitrogens is 1. The van der Waals surface area contributed by atoms with E-state index in [0.717, 1.165) is 22.6 Å². The van der Waals surface area contributed by atoms with Gasteiger partial charge in [-0.25, -0.2) is 4.98 Å². The highest BCUT2D eigenvalue weighted by molar-refractivity contribution is 5.79. The molecular weight excluding hydrogens is 216 g/mol. The molecule has 1 heterocycles. The summed E-state index contributed by atoms with van der Waals surface area (Å²) < 4.78 is 0. The van der Waals surface area contributed by atoms with Crippen molar-refractivity contribution in [1.29, 1.82) is 0 Å². The summed E-state index contributed by atoms with van der Waals surface area (Å²) in [7, 11) is 0. The molecule has 1 aromatic heterocycles. The predicted octanol–water partition coefficient (Wildman–Crippen LogP) is 0.469. The van der Waals surface area contributed by atoms with Crippen molar-refractivity contribution in [2.45, 2.75) is 27.3 Å². The summed E-state index contributed by atoms with van der Waals surface area (Å²) in [5, 5.41) is 0. The number of carbonyl (C=O) groups is 1. The van der Waals surface area contributed by atoms with Crippen molar-refractivity contribution >= 4 is 11.7 Å². The van der Waals surface area contributed by atoms with Gasteiger partial charge >= 0.3 is 0 Å². The number of carbonyl (C=O) groups excluding carboxylic acids is 1. The lowest BCUT2D eigenvalue weighted by Gasteiger charge is -2.24. The molecule has 0 fully saturated rings. The summed E-state index contributed by atoms with van der Waals surface area (Å²) in [6.45, 7) is 7.13. The Bertz CT molecular complexity index is 417. The largest absolute Gasteiger partial charge is 0.368 e. The van der Waals surface area contributed by atoms with Gasteiger partial charge in [-0.2, -0.15) is 0 Å². The van der Waals surface area contributed by atoms with Gasteiger partial charge < -0.3 is 16.4 Å². The predicted molar refractivity (Wildman–Crippen MR) is 68.7 cm³/mol. The molecule has 0 aromatic carbocycles. The summed E-state index contributed by atoms with van der Waals surface area (Å²) in [6, 6.07) is 1.99. The molecule has 1 rings (SSSR count). The maximum atomic E-state index is 11.0. The Hall–Kier alpha value is -1.62. The highest BCUT2D eigenvalue weighted by atomic mass is 16.1. The van der Waals surface area contributed by atoms with Gasteiger partial charge in [0.2, 0.25) is 5.91 Å². The Morgan fingerprint density at radius 1 is 1.47 bits per heavy atom. The van der Waals surface area contributed by atoms with Crippen LogP contribution >= 0.6 is 0 Å². The second kappa shape index (κ2) is 5.63. The van der Waals surface area contributed by atoms with Crippen LogP contribution in [0, 0.1) is 13.8 Å². The molecule has 0 atom stereocenters. The topological polar surface area (TPSA) is 85.2 Å². The van der Waals surface area contributed by atoms with Crippen LogP contribution in [0.4, 0.5) is 5.82 Å². The van der Waals surface area contributed by atoms with E-state index in [4.69, 9.17) is 11.5 Å². The number of amides is 1. The SMILES string of the molecule is CCN(CC(N)=O)c1nc(C)cc(C)c1CN. The van der Waals surface area contributed by atoms with Crippen molar-refractivity contribution in [3.8, 4) is 0 Å². The fourth-order valence-electron chi connectivity index (χ4n) is 1.88. The number of rotatable bonds is 5. The molecule has 17 heavy (non-hydrogen) atoms. The van der Waals surface area contributed by atoms with Crippen molar-refractivity contribution in [3.05, 3.63) is 22.9 Å². The Morgan fingerprint density at radius 2 is 2.12 bits per heavy atom. The number of anilines is 1. The highest BCUT2D eigenvalue weighted by Crippen LogP contribution is 2.21. The number of aryl methyl sites for hydroxylation is 2. The van der Waals surface area contributed by atoms with Crippen LogP contribution in [0.25, 0.3) is 0 Å². The second-order valence-corrected chi connectivity index (χ2v) is 4.07. The maximum absolute atomic E-state index is 11.0. The molecule has 1 amide bonds. The highest BCUT2D eigenvalue weighted by Gasteiger charge is 2.15. The van der Waals surface area contributed by atoms with Crippen LogP contribution < -0.4 is 16.4 Å². The van der Waals surface area contributed by atoms with E-state index < -0.39 is 0 Å². The molecule has 4 N–H and O–H groups in total. The van der Waals surface area contributed by atoms with E-state index in [2.05, 4.69) is 4.98 Å². The minimum atomic E-state index is -0.365. The van der Waals surface area contributed by atoms with Crippen molar-refractivity contribution < 1.29 is 4.79 Å². The van der Waals surface area contributed by atoms with Crippen LogP contribution in [0.2, 0.25) is 0 Å². The van der Waals surface area contributed by atoms with Gasteiger partial charge in [-0.3, -0.25) is 4.79 Å². The van der Waals surface area contributed by atoms with Crippen LogP contribution in [-0.2, 0) is 11.3 Å². The Balaban J connectivity index is 3.21. The van der Waals surface area contributed by atoms with Crippen LogP contribution in [-0.4, -0.2) is 24.0 Å². The number of likely N-dealkylation sites (N-methyl/N-ethyl adjacent to an activating group) is 1. The van der Waals surface area contributed by atoms with Gasteiger partial charge in [0.1, 0.15) is 5.82 Å². The number of nitrogens with zero attached hydrogens (tertiary/aromatic N) is 2. The van der Waals surface area contributed by atoms with Gasteiger partial charge in [0, 0.05) is 24.3 Å². The molecule has 0 aliphatic heterocycles. The van der Waals surface area contributed by atoms with E-state index in [1.54, 1.807) is 0 Å². The molecular formula is C12H20N4O. The van der Waals surface area contributed by atoms with Crippen LogP contribution in [0.1, 0.15) is 23.7 Å². The van der Waals surface area contributed by atoms with Crippen molar-refractivity contribution in [3.63, 3.8) is 0 Å². The number of hydrogen-bond donors (Lipinski definition) is 2. The molecule has 0 saturated heterocycles. The quantitative estimate of drug-likeness (QED) is 0.778. The molecule has 1 aromatic rings. The van der Waals surface area contributed by atoms with Crippen molar-refractivity contribution in [1.82, 2.24) is 4.98 Å². The molecule has 0 radical (unpaired) electrons. The Morgan fingerprint density at radius 3 is 2.59 bits per heavy atom. The molecule has 0 spiro atoms. The third-order valence-electron chi connectivity index (χ3n) is 2.69. The number of nitrogens with two attached hydrogens (primary N) is 2. The van der Waals surface area contributed by atoms with Crippen molar-refractivity contribution in [2.75, 3.05) is 18.0 Å². The molecule has 94 valence electrons. The zero-order valence-corrected chi connectivity index (χ0v) is 10.7. The summed E-state index contributed by atoms with van der Waals surface area (Å²) >= 11 is 0. The maximum Gasteiger partial charge on any atom is 0.236 e. The first-order valence-corrected chi connectivity index (χ1v) is 5.70. The summed E-state index contributed by atoms with van der Waals surface area (Å²) in [5.41, 5.74) is 14.0. The monoisotopic (exact) mass is 236 g/mol. The van der Waals surface area contributed by atoms with Gasteiger partial charge in [-0.15, -0.1) is 0 Å². The van der Waals surface area contributed by atoms with Gasteiger partial charge in [-0.05, 0) is 32.4 Å². The third kappa shape index (κ3) is 3.17. The molecule has 0 saturated carbocycles. The lowest BCUT2D eigenvalue weighted by molar-refractivity contribution is -0.116. The Kier molecular flexibility index (Phi) is 4.45. The molecule has 0 aliphatic carbocycles. The van der Waals surface area contributed by atoms with E-state index in [9.17, 15) is 4.79 Å². The summed E-state index contributed by atoms with van der Waals surface area (Å²) in [5.74, 6) is 0.405. The molecule has 0 bridgehead atoms. The van der Waals surface area contributed by atoms with Gasteiger partial charge in [0.05, 0.1) is 6.54 Å². The lowest BCUT2D eigenvalue weighted by Crippen LogP contribution is -2.35. The number of hydrogen-bond acceptors (Lipinski definition) is 4. The van der Waals surface area contributed by atoms with Crippen LogP contribution in [0.3, 0.4) is 0 Å². The lowest BCUT2D eigenvalue weighted by atomic mass is 10.1. The molecule has 5 nitrogen and oxygen atoms in total. The standard InChI is InChI=1S/C12H20N4O/c1-4-16(7-11(14)17)12-10(6-13)8(2)5-9(3)15-12/h5H,4,6-7,13H2,1-3H3,(H2,14,17). The molecule has 5 heteroatoms. The fourth-order valence-corrected chi connectivity index (χ4v) is 1.88. The smallest absolute Gasteiger partial charge is 0.236 e. The van der Waals surface area contributed by atoms with E-state index in [0.29, 0.717) is 13.1 Å². The minimum Gasteiger partial charge on any atom is -0.368 e. The molecule has 0 aliphatic rings. The first-order chi connectivity index (χ1) is 7.99. The average molecular weight is 236 g/mol. The summed E-state index contributed by atoms with van der Waals surface area (Å²) in [6.07, 6.45) is 0. The van der Waals surface area contributed by atoms with E-state index >= 15 is 0 Å². The average Bonchev–Trinajstić information content (AvgIpc) is 2.24. The first-order valence-electron chi connectivity index (χ1n) is 5.70. The number of pyridine rings is 1. The first kappa shape index (κ1) is 13.4. The van der Waals surface area contributed by atoms with Crippen LogP contribution in [0.5, 0.6) is 0 Å². The third-order valence-corrected chi connectivity index (χ3v) is 2.69. The van der Waals surface area contributed by atoms with E-state index in [1.165, 1.54) is 0 Å². The zero-order chi connectivity index (χ0) is 13.0. The van der Waals surface area contributed by atoms with Gasteiger partial charge in [0.15, 0.2) is 0 Å². The second-order valence-electron chi connectivity index (χ2n) is 4.07. The number of primary amides is 1. The summed E-state index contributed by atoms with van der Waals surface area (Å²) in [4.78, 5) is 17.4. The van der Waals surface area contributed by atoms with Gasteiger partial charge in [-0.1, -0.05) is 0 Å². The van der Waals surface area contributed by atoms with E-state index in [-0.39, 0.29) is 12.5 Å². The van der Waals surface area contributed by atoms with E-state index in [1.807, 2.05) is 31.7 Å². The molecule has 0 unspecified atom stereocenters. The zero-order valence-electron chi connectivity index (χ0n) is 10.7. The normalized spacial score (nSPS) is 10.4. The Labute approximate surface area is 102 Å².